The minimum absolute atomic E-state index is 0.0307. The van der Waals surface area contributed by atoms with Crippen molar-refractivity contribution in [1.29, 1.82) is 0 Å². The van der Waals surface area contributed by atoms with Crippen LogP contribution in [-0.2, 0) is 0 Å². The second-order valence-electron chi connectivity index (χ2n) is 5.19. The third-order valence-corrected chi connectivity index (χ3v) is 3.92. The van der Waals surface area contributed by atoms with Crippen LogP contribution in [0.5, 0.6) is 11.5 Å². The van der Waals surface area contributed by atoms with E-state index in [1.165, 1.54) is 0 Å². The highest BCUT2D eigenvalue weighted by Gasteiger charge is 2.02. The van der Waals surface area contributed by atoms with Crippen LogP contribution in [0.2, 0.25) is 0 Å². The first-order valence-corrected chi connectivity index (χ1v) is 8.31. The minimum Gasteiger partial charge on any atom is -0.457 e. The standard InChI is InChI=1S/C21H15BrO2/c22-18-12-10-17(11-13-18)21(23)14-9-16-5-4-8-20(15-16)24-19-6-2-1-3-7-19/h1-15H. The second-order valence-corrected chi connectivity index (χ2v) is 6.11. The van der Waals surface area contributed by atoms with E-state index < -0.39 is 0 Å². The molecule has 118 valence electrons. The van der Waals surface area contributed by atoms with Gasteiger partial charge in [-0.2, -0.15) is 0 Å². The van der Waals surface area contributed by atoms with Crippen molar-refractivity contribution in [2.75, 3.05) is 0 Å². The molecule has 0 N–H and O–H groups in total. The lowest BCUT2D eigenvalue weighted by atomic mass is 10.1. The molecule has 0 aromatic heterocycles. The molecule has 0 aliphatic heterocycles. The number of rotatable bonds is 5. The molecule has 3 aromatic carbocycles. The average molecular weight is 379 g/mol. The average Bonchev–Trinajstić information content (AvgIpc) is 2.61. The maximum absolute atomic E-state index is 12.2. The van der Waals surface area contributed by atoms with Crippen molar-refractivity contribution < 1.29 is 9.53 Å². The Hall–Kier alpha value is -2.65. The van der Waals surface area contributed by atoms with Gasteiger partial charge in [0.1, 0.15) is 11.5 Å². The molecule has 24 heavy (non-hydrogen) atoms. The molecule has 0 amide bonds. The van der Waals surface area contributed by atoms with E-state index in [-0.39, 0.29) is 5.78 Å². The van der Waals surface area contributed by atoms with Gasteiger partial charge in [0.2, 0.25) is 0 Å². The predicted molar refractivity (Wildman–Crippen MR) is 100 cm³/mol. The number of halogens is 1. The fraction of sp³-hybridized carbons (Fsp3) is 0. The Morgan fingerprint density at radius 2 is 1.54 bits per heavy atom. The summed E-state index contributed by atoms with van der Waals surface area (Å²) in [6.45, 7) is 0. The molecule has 0 saturated heterocycles. The fourth-order valence-electron chi connectivity index (χ4n) is 2.19. The Bertz CT molecular complexity index is 853. The van der Waals surface area contributed by atoms with Crippen LogP contribution >= 0.6 is 15.9 Å². The van der Waals surface area contributed by atoms with Crippen molar-refractivity contribution in [2.45, 2.75) is 0 Å². The zero-order valence-electron chi connectivity index (χ0n) is 12.9. The van der Waals surface area contributed by atoms with Crippen LogP contribution in [-0.4, -0.2) is 5.78 Å². The van der Waals surface area contributed by atoms with Crippen molar-refractivity contribution in [3.63, 3.8) is 0 Å². The molecular formula is C21H15BrO2. The maximum Gasteiger partial charge on any atom is 0.185 e. The number of carbonyl (C=O) groups is 1. The molecular weight excluding hydrogens is 364 g/mol. The zero-order valence-corrected chi connectivity index (χ0v) is 14.4. The van der Waals surface area contributed by atoms with Gasteiger partial charge in [-0.05, 0) is 60.2 Å². The highest BCUT2D eigenvalue weighted by atomic mass is 79.9. The Morgan fingerprint density at radius 1 is 0.833 bits per heavy atom. The molecule has 3 aromatic rings. The Labute approximate surface area is 149 Å². The number of hydrogen-bond acceptors (Lipinski definition) is 2. The lowest BCUT2D eigenvalue weighted by Gasteiger charge is -2.05. The van der Waals surface area contributed by atoms with Crippen LogP contribution in [0.25, 0.3) is 6.08 Å². The van der Waals surface area contributed by atoms with Crippen LogP contribution in [0.1, 0.15) is 15.9 Å². The van der Waals surface area contributed by atoms with Crippen LogP contribution in [0.3, 0.4) is 0 Å². The van der Waals surface area contributed by atoms with E-state index in [9.17, 15) is 4.79 Å². The summed E-state index contributed by atoms with van der Waals surface area (Å²) in [6, 6.07) is 24.5. The number of hydrogen-bond donors (Lipinski definition) is 0. The molecule has 0 unspecified atom stereocenters. The number of allylic oxidation sites excluding steroid dienone is 1. The van der Waals surface area contributed by atoms with Crippen LogP contribution < -0.4 is 4.74 Å². The Balaban J connectivity index is 1.72. The van der Waals surface area contributed by atoms with Crippen molar-refractivity contribution in [3.8, 4) is 11.5 Å². The highest BCUT2D eigenvalue weighted by molar-refractivity contribution is 9.10. The Kier molecular flexibility index (Phi) is 5.24. The normalized spacial score (nSPS) is 10.7. The lowest BCUT2D eigenvalue weighted by molar-refractivity contribution is 0.104. The molecule has 3 rings (SSSR count). The van der Waals surface area contributed by atoms with Crippen molar-refractivity contribution in [1.82, 2.24) is 0 Å². The van der Waals surface area contributed by atoms with Gasteiger partial charge in [-0.3, -0.25) is 4.79 Å². The number of ketones is 1. The van der Waals surface area contributed by atoms with Gasteiger partial charge >= 0.3 is 0 Å². The van der Waals surface area contributed by atoms with E-state index in [1.54, 1.807) is 24.3 Å². The van der Waals surface area contributed by atoms with Gasteiger partial charge < -0.3 is 4.74 Å². The summed E-state index contributed by atoms with van der Waals surface area (Å²) in [5, 5.41) is 0. The van der Waals surface area contributed by atoms with E-state index in [4.69, 9.17) is 4.74 Å². The third-order valence-electron chi connectivity index (χ3n) is 3.39. The maximum atomic E-state index is 12.2. The van der Waals surface area contributed by atoms with Crippen molar-refractivity contribution in [3.05, 3.63) is 101 Å². The third kappa shape index (κ3) is 4.43. The van der Waals surface area contributed by atoms with Gasteiger partial charge in [0, 0.05) is 10.0 Å². The molecule has 0 aliphatic rings. The molecule has 0 heterocycles. The summed E-state index contributed by atoms with van der Waals surface area (Å²) < 4.78 is 6.75. The van der Waals surface area contributed by atoms with Gasteiger partial charge in [-0.1, -0.05) is 52.3 Å². The van der Waals surface area contributed by atoms with E-state index >= 15 is 0 Å². The van der Waals surface area contributed by atoms with E-state index in [0.29, 0.717) is 5.56 Å². The largest absolute Gasteiger partial charge is 0.457 e. The number of ether oxygens (including phenoxy) is 1. The topological polar surface area (TPSA) is 26.3 Å². The molecule has 0 fully saturated rings. The molecule has 0 spiro atoms. The predicted octanol–water partition coefficient (Wildman–Crippen LogP) is 6.14. The number of para-hydroxylation sites is 1. The first kappa shape index (κ1) is 16.2. The molecule has 0 saturated carbocycles. The number of carbonyl (C=O) groups excluding carboxylic acids is 1. The van der Waals surface area contributed by atoms with Gasteiger partial charge in [0.25, 0.3) is 0 Å². The van der Waals surface area contributed by atoms with Crippen LogP contribution in [0.4, 0.5) is 0 Å². The fourth-order valence-corrected chi connectivity index (χ4v) is 2.45. The number of benzene rings is 3. The van der Waals surface area contributed by atoms with Gasteiger partial charge in [0.05, 0.1) is 0 Å². The van der Waals surface area contributed by atoms with Crippen molar-refractivity contribution in [2.24, 2.45) is 0 Å². The smallest absolute Gasteiger partial charge is 0.185 e. The summed E-state index contributed by atoms with van der Waals surface area (Å²) in [7, 11) is 0. The van der Waals surface area contributed by atoms with Crippen LogP contribution in [0, 0.1) is 0 Å². The van der Waals surface area contributed by atoms with Gasteiger partial charge in [-0.15, -0.1) is 0 Å². The molecule has 0 atom stereocenters. The van der Waals surface area contributed by atoms with E-state index in [2.05, 4.69) is 15.9 Å². The molecule has 3 heteroatoms. The summed E-state index contributed by atoms with van der Waals surface area (Å²) in [4.78, 5) is 12.2. The van der Waals surface area contributed by atoms with E-state index in [0.717, 1.165) is 21.5 Å². The second kappa shape index (κ2) is 7.75. The zero-order chi connectivity index (χ0) is 16.8. The summed E-state index contributed by atoms with van der Waals surface area (Å²) in [5.41, 5.74) is 1.57. The van der Waals surface area contributed by atoms with Crippen molar-refractivity contribution >= 4 is 27.8 Å². The summed E-state index contributed by atoms with van der Waals surface area (Å²) in [5.74, 6) is 1.49. The quantitative estimate of drug-likeness (QED) is 0.393. The summed E-state index contributed by atoms with van der Waals surface area (Å²) >= 11 is 3.36. The first-order valence-electron chi connectivity index (χ1n) is 7.52. The molecule has 0 aliphatic carbocycles. The lowest BCUT2D eigenvalue weighted by Crippen LogP contribution is -1.93. The SMILES string of the molecule is O=C(C=Cc1cccc(Oc2ccccc2)c1)c1ccc(Br)cc1. The Morgan fingerprint density at radius 3 is 2.29 bits per heavy atom. The first-order chi connectivity index (χ1) is 11.7. The van der Waals surface area contributed by atoms with Gasteiger partial charge in [-0.25, -0.2) is 0 Å². The van der Waals surface area contributed by atoms with Gasteiger partial charge in [0.15, 0.2) is 5.78 Å². The molecule has 0 radical (unpaired) electrons. The summed E-state index contributed by atoms with van der Waals surface area (Å²) in [6.07, 6.45) is 3.37. The molecule has 0 bridgehead atoms. The highest BCUT2D eigenvalue weighted by Crippen LogP contribution is 2.22. The van der Waals surface area contributed by atoms with E-state index in [1.807, 2.05) is 66.7 Å². The van der Waals surface area contributed by atoms with Crippen LogP contribution in [0.15, 0.2) is 89.4 Å². The minimum atomic E-state index is -0.0307. The monoisotopic (exact) mass is 378 g/mol. The molecule has 2 nitrogen and oxygen atoms in total.